The SMILES string of the molecule is Cc1cccc(NS(=O)(=O)c2ccc(NC(=O)c3ccc(CN(c4ccccc4)S(C)(=O)=O)cc3)cc2)c1. The Labute approximate surface area is 223 Å². The van der Waals surface area contributed by atoms with E-state index in [1.165, 1.54) is 28.6 Å². The van der Waals surface area contributed by atoms with Crippen molar-refractivity contribution in [2.75, 3.05) is 20.6 Å². The molecule has 0 aliphatic rings. The molecule has 0 aromatic heterocycles. The largest absolute Gasteiger partial charge is 0.322 e. The second-order valence-corrected chi connectivity index (χ2v) is 12.3. The van der Waals surface area contributed by atoms with Crippen LogP contribution in [0.5, 0.6) is 0 Å². The Hall–Kier alpha value is -4.15. The van der Waals surface area contributed by atoms with Crippen molar-refractivity contribution in [1.82, 2.24) is 0 Å². The molecule has 0 unspecified atom stereocenters. The van der Waals surface area contributed by atoms with Crippen LogP contribution < -0.4 is 14.3 Å². The molecule has 0 aliphatic carbocycles. The normalized spacial score (nSPS) is 11.5. The van der Waals surface area contributed by atoms with E-state index in [-0.39, 0.29) is 17.3 Å². The average molecular weight is 550 g/mol. The molecular weight excluding hydrogens is 522 g/mol. The van der Waals surface area contributed by atoms with Crippen LogP contribution in [0.25, 0.3) is 0 Å². The van der Waals surface area contributed by atoms with Crippen LogP contribution in [0.1, 0.15) is 21.5 Å². The zero-order valence-electron chi connectivity index (χ0n) is 20.8. The van der Waals surface area contributed by atoms with Crippen LogP contribution in [-0.2, 0) is 26.6 Å². The van der Waals surface area contributed by atoms with Gasteiger partial charge in [-0.25, -0.2) is 16.8 Å². The number of para-hydroxylation sites is 1. The van der Waals surface area contributed by atoms with E-state index in [1.54, 1.807) is 66.7 Å². The lowest BCUT2D eigenvalue weighted by Gasteiger charge is -2.22. The van der Waals surface area contributed by atoms with Crippen molar-refractivity contribution in [3.05, 3.63) is 120 Å². The van der Waals surface area contributed by atoms with Gasteiger partial charge in [-0.2, -0.15) is 0 Å². The van der Waals surface area contributed by atoms with Crippen LogP contribution in [0.4, 0.5) is 17.1 Å². The van der Waals surface area contributed by atoms with Gasteiger partial charge in [0.05, 0.1) is 23.4 Å². The molecule has 4 aromatic carbocycles. The second kappa shape index (κ2) is 11.1. The maximum atomic E-state index is 12.7. The molecule has 1 amide bonds. The number of carbonyl (C=O) groups is 1. The standard InChI is InChI=1S/C28H27N3O5S2/c1-21-7-6-8-25(19-21)30-38(35,36)27-17-15-24(16-18-27)29-28(32)23-13-11-22(12-14-23)20-31(37(2,33)34)26-9-4-3-5-10-26/h3-19,30H,20H2,1-2H3,(H,29,32). The summed E-state index contributed by atoms with van der Waals surface area (Å²) < 4.78 is 53.9. The molecule has 0 fully saturated rings. The van der Waals surface area contributed by atoms with E-state index < -0.39 is 20.0 Å². The minimum absolute atomic E-state index is 0.0650. The van der Waals surface area contributed by atoms with E-state index >= 15 is 0 Å². The molecule has 4 aromatic rings. The van der Waals surface area contributed by atoms with Gasteiger partial charge < -0.3 is 5.32 Å². The van der Waals surface area contributed by atoms with Gasteiger partial charge in [-0.3, -0.25) is 13.8 Å². The number of hydrogen-bond acceptors (Lipinski definition) is 5. The van der Waals surface area contributed by atoms with Crippen molar-refractivity contribution in [3.8, 4) is 0 Å². The predicted molar refractivity (Wildman–Crippen MR) is 150 cm³/mol. The highest BCUT2D eigenvalue weighted by atomic mass is 32.2. The summed E-state index contributed by atoms with van der Waals surface area (Å²) in [6, 6.07) is 28.3. The van der Waals surface area contributed by atoms with Crippen LogP contribution in [0.15, 0.2) is 108 Å². The van der Waals surface area contributed by atoms with Gasteiger partial charge >= 0.3 is 0 Å². The van der Waals surface area contributed by atoms with Crippen molar-refractivity contribution >= 4 is 43.0 Å². The summed E-state index contributed by atoms with van der Waals surface area (Å²) in [6.45, 7) is 2.00. The van der Waals surface area contributed by atoms with E-state index in [1.807, 2.05) is 19.1 Å². The number of hydrogen-bond donors (Lipinski definition) is 2. The van der Waals surface area contributed by atoms with Crippen molar-refractivity contribution < 1.29 is 21.6 Å². The number of benzene rings is 4. The summed E-state index contributed by atoms with van der Waals surface area (Å²) in [4.78, 5) is 12.8. The minimum Gasteiger partial charge on any atom is -0.322 e. The zero-order chi connectivity index (χ0) is 27.3. The first kappa shape index (κ1) is 26.9. The van der Waals surface area contributed by atoms with Crippen LogP contribution in [0, 0.1) is 6.92 Å². The third kappa shape index (κ3) is 6.78. The van der Waals surface area contributed by atoms with Gasteiger partial charge in [0.25, 0.3) is 15.9 Å². The number of nitrogens with one attached hydrogen (secondary N) is 2. The molecule has 0 heterocycles. The molecular formula is C28H27N3O5S2. The summed E-state index contributed by atoms with van der Waals surface area (Å²) in [7, 11) is -7.29. The highest BCUT2D eigenvalue weighted by molar-refractivity contribution is 7.92. The van der Waals surface area contributed by atoms with Crippen LogP contribution in [0.2, 0.25) is 0 Å². The van der Waals surface area contributed by atoms with Crippen molar-refractivity contribution in [2.45, 2.75) is 18.4 Å². The molecule has 0 radical (unpaired) electrons. The molecule has 10 heteroatoms. The first-order valence-electron chi connectivity index (χ1n) is 11.6. The van der Waals surface area contributed by atoms with Gasteiger partial charge in [-0.1, -0.05) is 42.5 Å². The van der Waals surface area contributed by atoms with Crippen molar-refractivity contribution in [2.24, 2.45) is 0 Å². The molecule has 0 spiro atoms. The fraction of sp³-hybridized carbons (Fsp3) is 0.107. The Morgan fingerprint density at radius 1 is 0.763 bits per heavy atom. The molecule has 38 heavy (non-hydrogen) atoms. The smallest absolute Gasteiger partial charge is 0.261 e. The van der Waals surface area contributed by atoms with Crippen LogP contribution >= 0.6 is 0 Å². The summed E-state index contributed by atoms with van der Waals surface area (Å²) >= 11 is 0. The molecule has 0 saturated carbocycles. The zero-order valence-corrected chi connectivity index (χ0v) is 22.5. The fourth-order valence-electron chi connectivity index (χ4n) is 3.76. The molecule has 0 aliphatic heterocycles. The highest BCUT2D eigenvalue weighted by Gasteiger charge is 2.18. The molecule has 0 atom stereocenters. The molecule has 4 rings (SSSR count). The molecule has 8 nitrogen and oxygen atoms in total. The number of rotatable bonds is 9. The maximum absolute atomic E-state index is 12.7. The van der Waals surface area contributed by atoms with Crippen molar-refractivity contribution in [3.63, 3.8) is 0 Å². The van der Waals surface area contributed by atoms with Crippen LogP contribution in [-0.4, -0.2) is 29.0 Å². The third-order valence-corrected chi connectivity index (χ3v) is 8.22. The van der Waals surface area contributed by atoms with Gasteiger partial charge in [0, 0.05) is 16.9 Å². The van der Waals surface area contributed by atoms with E-state index in [4.69, 9.17) is 0 Å². The number of aryl methyl sites for hydroxylation is 1. The number of carbonyl (C=O) groups excluding carboxylic acids is 1. The molecule has 196 valence electrons. The summed E-state index contributed by atoms with van der Waals surface area (Å²) in [5, 5.41) is 2.74. The summed E-state index contributed by atoms with van der Waals surface area (Å²) in [6.07, 6.45) is 1.15. The fourth-order valence-corrected chi connectivity index (χ4v) is 5.70. The summed E-state index contributed by atoms with van der Waals surface area (Å²) in [5.74, 6) is -0.381. The Morgan fingerprint density at radius 3 is 2.03 bits per heavy atom. The number of anilines is 3. The maximum Gasteiger partial charge on any atom is 0.261 e. The quantitative estimate of drug-likeness (QED) is 0.305. The highest BCUT2D eigenvalue weighted by Crippen LogP contribution is 2.22. The first-order valence-corrected chi connectivity index (χ1v) is 15.0. The first-order chi connectivity index (χ1) is 18.0. The number of sulfonamides is 2. The Morgan fingerprint density at radius 2 is 1.42 bits per heavy atom. The second-order valence-electron chi connectivity index (χ2n) is 8.76. The van der Waals surface area contributed by atoms with E-state index in [9.17, 15) is 21.6 Å². The molecule has 0 saturated heterocycles. The van der Waals surface area contributed by atoms with Gasteiger partial charge in [-0.15, -0.1) is 0 Å². The predicted octanol–water partition coefficient (Wildman–Crippen LogP) is 5.01. The lowest BCUT2D eigenvalue weighted by Crippen LogP contribution is -2.29. The van der Waals surface area contributed by atoms with Gasteiger partial charge in [0.2, 0.25) is 10.0 Å². The van der Waals surface area contributed by atoms with E-state index in [0.29, 0.717) is 28.2 Å². The molecule has 2 N–H and O–H groups in total. The van der Waals surface area contributed by atoms with Gasteiger partial charge in [0.1, 0.15) is 0 Å². The van der Waals surface area contributed by atoms with E-state index in [0.717, 1.165) is 11.8 Å². The van der Waals surface area contributed by atoms with E-state index in [2.05, 4.69) is 10.0 Å². The monoisotopic (exact) mass is 549 g/mol. The van der Waals surface area contributed by atoms with Gasteiger partial charge in [-0.05, 0) is 78.7 Å². The topological polar surface area (TPSA) is 113 Å². The Balaban J connectivity index is 1.42. The lowest BCUT2D eigenvalue weighted by atomic mass is 10.1. The minimum atomic E-state index is -3.78. The number of nitrogens with zero attached hydrogens (tertiary/aromatic N) is 1. The lowest BCUT2D eigenvalue weighted by molar-refractivity contribution is 0.102. The average Bonchev–Trinajstić information content (AvgIpc) is 2.87. The van der Waals surface area contributed by atoms with Crippen LogP contribution in [0.3, 0.4) is 0 Å². The van der Waals surface area contributed by atoms with Crippen molar-refractivity contribution in [1.29, 1.82) is 0 Å². The van der Waals surface area contributed by atoms with Gasteiger partial charge in [0.15, 0.2) is 0 Å². The third-order valence-electron chi connectivity index (χ3n) is 5.68. The molecule has 0 bridgehead atoms. The Bertz CT molecular complexity index is 1640. The number of amides is 1. The summed E-state index contributed by atoms with van der Waals surface area (Å²) in [5.41, 5.74) is 3.47. The Kier molecular flexibility index (Phi) is 7.84.